The topological polar surface area (TPSA) is 43.1 Å². The average Bonchev–Trinajstić information content (AvgIpc) is 2.46. The zero-order valence-corrected chi connectivity index (χ0v) is 14.1. The summed E-state index contributed by atoms with van der Waals surface area (Å²) in [6.45, 7) is 9.15. The van der Waals surface area contributed by atoms with Crippen molar-refractivity contribution in [3.8, 4) is 0 Å². The van der Waals surface area contributed by atoms with Crippen LogP contribution in [0.3, 0.4) is 0 Å². The Balaban J connectivity index is 2.83. The molecule has 0 heterocycles. The molecule has 0 aliphatic heterocycles. The molecule has 0 saturated heterocycles. The molecule has 0 spiro atoms. The van der Waals surface area contributed by atoms with Crippen molar-refractivity contribution in [2.24, 2.45) is 23.0 Å². The average molecular weight is 289 g/mol. The van der Waals surface area contributed by atoms with E-state index >= 15 is 0 Å². The molecule has 21 heavy (non-hydrogen) atoms. The van der Waals surface area contributed by atoms with E-state index in [9.17, 15) is 4.79 Å². The number of Topliss-reactive ketones (excluding diaryl/α,β-unsaturated/α-hetero) is 1. The molecule has 1 aromatic rings. The number of hydrogen-bond donors (Lipinski definition) is 1. The second-order valence-corrected chi connectivity index (χ2v) is 6.91. The molecular weight excluding hydrogens is 258 g/mol. The van der Waals surface area contributed by atoms with Crippen LogP contribution in [-0.2, 0) is 11.2 Å². The lowest BCUT2D eigenvalue weighted by atomic mass is 9.71. The van der Waals surface area contributed by atoms with Crippen molar-refractivity contribution in [1.82, 2.24) is 0 Å². The van der Waals surface area contributed by atoms with Crippen molar-refractivity contribution >= 4 is 5.78 Å². The van der Waals surface area contributed by atoms with Crippen LogP contribution in [0.15, 0.2) is 30.3 Å². The molecule has 2 nitrogen and oxygen atoms in total. The van der Waals surface area contributed by atoms with E-state index in [-0.39, 0.29) is 11.3 Å². The molecule has 0 saturated carbocycles. The Kier molecular flexibility index (Phi) is 7.10. The number of benzene rings is 1. The first-order chi connectivity index (χ1) is 9.89. The summed E-state index contributed by atoms with van der Waals surface area (Å²) in [5, 5.41) is 0. The number of hydrogen-bond acceptors (Lipinski definition) is 2. The summed E-state index contributed by atoms with van der Waals surface area (Å²) in [6.07, 6.45) is 3.83. The normalized spacial score (nSPS) is 13.4. The first kappa shape index (κ1) is 17.9. The highest BCUT2D eigenvalue weighted by Crippen LogP contribution is 2.33. The quantitative estimate of drug-likeness (QED) is 0.691. The fourth-order valence-corrected chi connectivity index (χ4v) is 2.57. The van der Waals surface area contributed by atoms with E-state index in [2.05, 4.69) is 39.8 Å². The minimum Gasteiger partial charge on any atom is -0.330 e. The van der Waals surface area contributed by atoms with E-state index in [4.69, 9.17) is 5.73 Å². The Labute approximate surface area is 130 Å². The van der Waals surface area contributed by atoms with Crippen LogP contribution in [0.4, 0.5) is 0 Å². The summed E-state index contributed by atoms with van der Waals surface area (Å²) in [4.78, 5) is 13.0. The van der Waals surface area contributed by atoms with Crippen molar-refractivity contribution in [2.75, 3.05) is 6.54 Å². The van der Waals surface area contributed by atoms with Gasteiger partial charge < -0.3 is 5.73 Å². The summed E-state index contributed by atoms with van der Waals surface area (Å²) in [5.41, 5.74) is 6.58. The molecule has 2 heteroatoms. The van der Waals surface area contributed by atoms with Gasteiger partial charge in [-0.1, -0.05) is 64.4 Å². The third kappa shape index (κ3) is 5.28. The van der Waals surface area contributed by atoms with Crippen LogP contribution in [0.1, 0.15) is 52.5 Å². The maximum atomic E-state index is 13.0. The minimum atomic E-state index is -0.262. The third-order valence-corrected chi connectivity index (χ3v) is 4.78. The number of nitrogens with two attached hydrogens (primary N) is 1. The van der Waals surface area contributed by atoms with E-state index in [0.717, 1.165) is 25.7 Å². The molecule has 0 bridgehead atoms. The van der Waals surface area contributed by atoms with Crippen molar-refractivity contribution in [1.29, 1.82) is 0 Å². The third-order valence-electron chi connectivity index (χ3n) is 4.78. The predicted octanol–water partition coefficient (Wildman–Crippen LogP) is 4.23. The van der Waals surface area contributed by atoms with Gasteiger partial charge >= 0.3 is 0 Å². The summed E-state index contributed by atoms with van der Waals surface area (Å²) in [5.74, 6) is 0.868. The Morgan fingerprint density at radius 2 is 1.76 bits per heavy atom. The molecule has 2 N–H and O–H groups in total. The summed E-state index contributed by atoms with van der Waals surface area (Å²) in [6, 6.07) is 10.3. The van der Waals surface area contributed by atoms with Gasteiger partial charge in [0.15, 0.2) is 0 Å². The molecule has 0 unspecified atom stereocenters. The molecule has 0 fully saturated rings. The Bertz CT molecular complexity index is 422. The van der Waals surface area contributed by atoms with Gasteiger partial charge in [0.05, 0.1) is 0 Å². The van der Waals surface area contributed by atoms with E-state index in [1.54, 1.807) is 0 Å². The lowest BCUT2D eigenvalue weighted by Crippen LogP contribution is -2.36. The maximum Gasteiger partial charge on any atom is 0.142 e. The monoisotopic (exact) mass is 289 g/mol. The van der Waals surface area contributed by atoms with Crippen LogP contribution in [0.25, 0.3) is 0 Å². The molecule has 0 aliphatic carbocycles. The van der Waals surface area contributed by atoms with Crippen LogP contribution >= 0.6 is 0 Å². The molecule has 1 rings (SSSR count). The molecule has 1 atom stereocenters. The van der Waals surface area contributed by atoms with Crippen LogP contribution in [-0.4, -0.2) is 12.3 Å². The number of unbranched alkanes of at least 4 members (excludes halogenated alkanes) is 1. The fourth-order valence-electron chi connectivity index (χ4n) is 2.57. The van der Waals surface area contributed by atoms with E-state index < -0.39 is 0 Å². The highest BCUT2D eigenvalue weighted by atomic mass is 16.1. The number of rotatable bonds is 9. The first-order valence-electron chi connectivity index (χ1n) is 8.18. The van der Waals surface area contributed by atoms with Gasteiger partial charge in [-0.25, -0.2) is 0 Å². The Morgan fingerprint density at radius 1 is 1.14 bits per heavy atom. The lowest BCUT2D eigenvalue weighted by molar-refractivity contribution is -0.133. The largest absolute Gasteiger partial charge is 0.330 e. The molecule has 0 aliphatic rings. The molecular formula is C19H31NO. The van der Waals surface area contributed by atoms with Crippen LogP contribution in [0.2, 0.25) is 0 Å². The van der Waals surface area contributed by atoms with Crippen LogP contribution in [0.5, 0.6) is 0 Å². The van der Waals surface area contributed by atoms with Gasteiger partial charge in [0, 0.05) is 11.3 Å². The highest BCUT2D eigenvalue weighted by Gasteiger charge is 2.35. The van der Waals surface area contributed by atoms with Gasteiger partial charge in [-0.3, -0.25) is 4.79 Å². The molecule has 0 aromatic heterocycles. The van der Waals surface area contributed by atoms with Crippen molar-refractivity contribution in [3.63, 3.8) is 0 Å². The van der Waals surface area contributed by atoms with Crippen molar-refractivity contribution in [3.05, 3.63) is 35.9 Å². The smallest absolute Gasteiger partial charge is 0.142 e. The van der Waals surface area contributed by atoms with E-state index in [1.165, 1.54) is 5.56 Å². The van der Waals surface area contributed by atoms with Gasteiger partial charge in [-0.15, -0.1) is 0 Å². The number of ketones is 1. The summed E-state index contributed by atoms with van der Waals surface area (Å²) >= 11 is 0. The number of carbonyl (C=O) groups is 1. The van der Waals surface area contributed by atoms with Gasteiger partial charge in [-0.2, -0.15) is 0 Å². The molecule has 0 radical (unpaired) electrons. The van der Waals surface area contributed by atoms with E-state index in [1.807, 2.05) is 18.2 Å². The number of carbonyl (C=O) groups excluding carboxylic acids is 1. The maximum absolute atomic E-state index is 13.0. The highest BCUT2D eigenvalue weighted by molar-refractivity contribution is 5.86. The zero-order valence-electron chi connectivity index (χ0n) is 14.1. The lowest BCUT2D eigenvalue weighted by Gasteiger charge is -2.32. The van der Waals surface area contributed by atoms with Gasteiger partial charge in [0.25, 0.3) is 0 Å². The Morgan fingerprint density at radius 3 is 2.29 bits per heavy atom. The van der Waals surface area contributed by atoms with Crippen LogP contribution in [0, 0.1) is 17.3 Å². The molecule has 118 valence electrons. The van der Waals surface area contributed by atoms with Crippen molar-refractivity contribution in [2.45, 2.75) is 53.4 Å². The van der Waals surface area contributed by atoms with Gasteiger partial charge in [-0.05, 0) is 37.3 Å². The zero-order chi connectivity index (χ0) is 15.9. The fraction of sp³-hybridized carbons (Fsp3) is 0.632. The molecule has 1 aromatic carbocycles. The standard InChI is InChI=1S/C19H31NO/c1-15(2)19(3,4)18(21)17(12-8-9-13-20)14-16-10-6-5-7-11-16/h5-7,10-11,15,17H,8-9,12-14,20H2,1-4H3/t17-/m1/s1. The Hall–Kier alpha value is -1.15. The first-order valence-corrected chi connectivity index (χ1v) is 8.18. The minimum absolute atomic E-state index is 0.108. The second-order valence-electron chi connectivity index (χ2n) is 6.91. The molecule has 0 amide bonds. The second kappa shape index (κ2) is 8.33. The van der Waals surface area contributed by atoms with Gasteiger partial charge in [0.1, 0.15) is 5.78 Å². The summed E-state index contributed by atoms with van der Waals surface area (Å²) in [7, 11) is 0. The van der Waals surface area contributed by atoms with Gasteiger partial charge in [0.2, 0.25) is 0 Å². The SMILES string of the molecule is CC(C)C(C)(C)C(=O)[C@H](CCCCN)Cc1ccccc1. The van der Waals surface area contributed by atoms with E-state index in [0.29, 0.717) is 18.2 Å². The predicted molar refractivity (Wildman–Crippen MR) is 90.2 cm³/mol. The van der Waals surface area contributed by atoms with Crippen LogP contribution < -0.4 is 5.73 Å². The summed E-state index contributed by atoms with van der Waals surface area (Å²) < 4.78 is 0. The van der Waals surface area contributed by atoms with Crippen molar-refractivity contribution < 1.29 is 4.79 Å².